The van der Waals surface area contributed by atoms with Crippen LogP contribution in [0.1, 0.15) is 65.2 Å². The Bertz CT molecular complexity index is 131. The molecule has 0 fully saturated rings. The Morgan fingerprint density at radius 3 is 2.40 bits per heavy atom. The van der Waals surface area contributed by atoms with Crippen molar-refractivity contribution >= 4 is 0 Å². The molecule has 0 heterocycles. The van der Waals surface area contributed by atoms with Crippen LogP contribution in [0.2, 0.25) is 0 Å². The first-order valence-corrected chi connectivity index (χ1v) is 6.69. The summed E-state index contributed by atoms with van der Waals surface area (Å²) >= 11 is 0. The number of unbranched alkanes of at least 4 members (excludes halogenated alkanes) is 4. The minimum absolute atomic E-state index is 0.763. The molecular weight excluding hydrogens is 182 g/mol. The fourth-order valence-corrected chi connectivity index (χ4v) is 1.94. The first-order chi connectivity index (χ1) is 7.35. The molecule has 0 rings (SSSR count). The van der Waals surface area contributed by atoms with E-state index in [1.54, 1.807) is 0 Å². The van der Waals surface area contributed by atoms with Gasteiger partial charge in [-0.25, -0.2) is 0 Å². The van der Waals surface area contributed by atoms with Gasteiger partial charge in [-0.3, -0.25) is 0 Å². The van der Waals surface area contributed by atoms with Gasteiger partial charge >= 0.3 is 0 Å². The van der Waals surface area contributed by atoms with E-state index in [1.807, 2.05) is 6.08 Å². The highest BCUT2D eigenvalue weighted by atomic mass is 14.9. The number of hydrogen-bond donors (Lipinski definition) is 1. The molecule has 0 aliphatic rings. The molecule has 1 unspecified atom stereocenters. The van der Waals surface area contributed by atoms with Crippen LogP contribution in [0.25, 0.3) is 0 Å². The summed E-state index contributed by atoms with van der Waals surface area (Å²) in [5, 5.41) is 3.59. The molecule has 0 aromatic heterocycles. The van der Waals surface area contributed by atoms with Crippen molar-refractivity contribution in [2.75, 3.05) is 6.54 Å². The molecule has 1 atom stereocenters. The molecule has 0 saturated carbocycles. The van der Waals surface area contributed by atoms with Crippen LogP contribution >= 0.6 is 0 Å². The van der Waals surface area contributed by atoms with E-state index in [1.165, 1.54) is 51.4 Å². The molecule has 0 spiro atoms. The third kappa shape index (κ3) is 9.99. The molecule has 15 heavy (non-hydrogen) atoms. The van der Waals surface area contributed by atoms with Crippen molar-refractivity contribution in [3.8, 4) is 0 Å². The van der Waals surface area contributed by atoms with Gasteiger partial charge in [0.05, 0.1) is 0 Å². The zero-order chi connectivity index (χ0) is 11.4. The van der Waals surface area contributed by atoms with E-state index in [4.69, 9.17) is 0 Å². The summed E-state index contributed by atoms with van der Waals surface area (Å²) in [4.78, 5) is 0. The van der Waals surface area contributed by atoms with Gasteiger partial charge in [0.2, 0.25) is 0 Å². The lowest BCUT2D eigenvalue weighted by atomic mass is 10.0. The minimum atomic E-state index is 0.763. The maximum atomic E-state index is 3.75. The van der Waals surface area contributed by atoms with Gasteiger partial charge in [-0.2, -0.15) is 0 Å². The summed E-state index contributed by atoms with van der Waals surface area (Å²) in [5.74, 6) is 0. The predicted octanol–water partition coefficient (Wildman–Crippen LogP) is 4.29. The SMILES string of the molecule is C=CCCCCCC(CCCC)NCC. The zero-order valence-electron chi connectivity index (χ0n) is 10.7. The second-order valence-electron chi connectivity index (χ2n) is 4.32. The fraction of sp³-hybridized carbons (Fsp3) is 0.857. The van der Waals surface area contributed by atoms with Gasteiger partial charge in [0.15, 0.2) is 0 Å². The van der Waals surface area contributed by atoms with E-state index in [0.29, 0.717) is 0 Å². The summed E-state index contributed by atoms with van der Waals surface area (Å²) in [6, 6.07) is 0.763. The quantitative estimate of drug-likeness (QED) is 0.397. The average molecular weight is 211 g/mol. The second-order valence-corrected chi connectivity index (χ2v) is 4.32. The highest BCUT2D eigenvalue weighted by Gasteiger charge is 2.05. The normalized spacial score (nSPS) is 12.7. The number of hydrogen-bond acceptors (Lipinski definition) is 1. The first kappa shape index (κ1) is 14.7. The molecule has 0 aromatic carbocycles. The maximum absolute atomic E-state index is 3.75. The largest absolute Gasteiger partial charge is 0.314 e. The summed E-state index contributed by atoms with van der Waals surface area (Å²) in [7, 11) is 0. The molecule has 0 amide bonds. The summed E-state index contributed by atoms with van der Waals surface area (Å²) < 4.78 is 0. The molecule has 0 radical (unpaired) electrons. The standard InChI is InChI=1S/C14H29N/c1-4-7-9-10-11-13-14(15-6-3)12-8-5-2/h4,14-15H,1,5-13H2,2-3H3. The van der Waals surface area contributed by atoms with E-state index < -0.39 is 0 Å². The number of nitrogens with one attached hydrogen (secondary N) is 1. The maximum Gasteiger partial charge on any atom is 0.00669 e. The molecule has 1 nitrogen and oxygen atoms in total. The van der Waals surface area contributed by atoms with Crippen molar-refractivity contribution in [3.05, 3.63) is 12.7 Å². The first-order valence-electron chi connectivity index (χ1n) is 6.69. The van der Waals surface area contributed by atoms with Crippen LogP contribution in [-0.2, 0) is 0 Å². The Morgan fingerprint density at radius 1 is 1.07 bits per heavy atom. The van der Waals surface area contributed by atoms with Crippen LogP contribution in [0, 0.1) is 0 Å². The lowest BCUT2D eigenvalue weighted by Gasteiger charge is -2.17. The number of allylic oxidation sites excluding steroid dienone is 1. The molecule has 0 aromatic rings. The van der Waals surface area contributed by atoms with Crippen LogP contribution < -0.4 is 5.32 Å². The average Bonchev–Trinajstić information content (AvgIpc) is 2.25. The van der Waals surface area contributed by atoms with Crippen LogP contribution in [-0.4, -0.2) is 12.6 Å². The number of rotatable bonds is 11. The Morgan fingerprint density at radius 2 is 1.80 bits per heavy atom. The van der Waals surface area contributed by atoms with Crippen LogP contribution in [0.4, 0.5) is 0 Å². The third-order valence-corrected chi connectivity index (χ3v) is 2.86. The van der Waals surface area contributed by atoms with Crippen molar-refractivity contribution in [1.82, 2.24) is 5.32 Å². The van der Waals surface area contributed by atoms with Gasteiger partial charge < -0.3 is 5.32 Å². The summed E-state index contributed by atoms with van der Waals surface area (Å²) in [6.45, 7) is 9.34. The molecule has 0 aliphatic carbocycles. The van der Waals surface area contributed by atoms with Gasteiger partial charge in [-0.15, -0.1) is 6.58 Å². The Balaban J connectivity index is 3.42. The van der Waals surface area contributed by atoms with Gasteiger partial charge in [0.25, 0.3) is 0 Å². The Hall–Kier alpha value is -0.300. The van der Waals surface area contributed by atoms with E-state index in [2.05, 4.69) is 25.7 Å². The molecule has 0 bridgehead atoms. The van der Waals surface area contributed by atoms with Crippen molar-refractivity contribution in [3.63, 3.8) is 0 Å². The fourth-order valence-electron chi connectivity index (χ4n) is 1.94. The smallest absolute Gasteiger partial charge is 0.00669 e. The Labute approximate surface area is 96.3 Å². The highest BCUT2D eigenvalue weighted by molar-refractivity contribution is 4.68. The predicted molar refractivity (Wildman–Crippen MR) is 70.3 cm³/mol. The van der Waals surface area contributed by atoms with Crippen LogP contribution in [0.3, 0.4) is 0 Å². The lowest BCUT2D eigenvalue weighted by molar-refractivity contribution is 0.430. The van der Waals surface area contributed by atoms with Crippen LogP contribution in [0.15, 0.2) is 12.7 Å². The van der Waals surface area contributed by atoms with E-state index in [0.717, 1.165) is 12.6 Å². The topological polar surface area (TPSA) is 12.0 Å². The van der Waals surface area contributed by atoms with E-state index >= 15 is 0 Å². The van der Waals surface area contributed by atoms with Crippen molar-refractivity contribution in [1.29, 1.82) is 0 Å². The molecule has 1 heteroatoms. The van der Waals surface area contributed by atoms with Crippen molar-refractivity contribution < 1.29 is 0 Å². The van der Waals surface area contributed by atoms with Crippen molar-refractivity contribution in [2.24, 2.45) is 0 Å². The van der Waals surface area contributed by atoms with Crippen LogP contribution in [0.5, 0.6) is 0 Å². The Kier molecular flexibility index (Phi) is 11.5. The van der Waals surface area contributed by atoms with E-state index in [-0.39, 0.29) is 0 Å². The molecule has 1 N–H and O–H groups in total. The molecule has 0 aliphatic heterocycles. The van der Waals surface area contributed by atoms with Gasteiger partial charge in [0.1, 0.15) is 0 Å². The van der Waals surface area contributed by atoms with Gasteiger partial charge in [-0.1, -0.05) is 45.6 Å². The summed E-state index contributed by atoms with van der Waals surface area (Å²) in [6.07, 6.45) is 12.6. The second kappa shape index (κ2) is 11.8. The lowest BCUT2D eigenvalue weighted by Crippen LogP contribution is -2.28. The highest BCUT2D eigenvalue weighted by Crippen LogP contribution is 2.10. The molecular formula is C14H29N. The third-order valence-electron chi connectivity index (χ3n) is 2.86. The monoisotopic (exact) mass is 211 g/mol. The van der Waals surface area contributed by atoms with Gasteiger partial charge in [0, 0.05) is 6.04 Å². The van der Waals surface area contributed by atoms with Crippen molar-refractivity contribution in [2.45, 2.75) is 71.3 Å². The zero-order valence-corrected chi connectivity index (χ0v) is 10.7. The summed E-state index contributed by atoms with van der Waals surface area (Å²) in [5.41, 5.74) is 0. The molecule has 90 valence electrons. The molecule has 0 saturated heterocycles. The van der Waals surface area contributed by atoms with E-state index in [9.17, 15) is 0 Å². The minimum Gasteiger partial charge on any atom is -0.314 e. The van der Waals surface area contributed by atoms with Gasteiger partial charge in [-0.05, 0) is 32.2 Å².